The molecule has 1 heterocycles. The average molecular weight is 238 g/mol. The molecule has 0 aliphatic rings. The topological polar surface area (TPSA) is 57.0 Å². The van der Waals surface area contributed by atoms with E-state index in [9.17, 15) is 4.79 Å². The number of aromatic nitrogens is 1. The van der Waals surface area contributed by atoms with Gasteiger partial charge in [-0.3, -0.25) is 4.79 Å². The predicted octanol–water partition coefficient (Wildman–Crippen LogP) is 2.11. The summed E-state index contributed by atoms with van der Waals surface area (Å²) in [5, 5.41) is 8.75. The van der Waals surface area contributed by atoms with Crippen LogP contribution in [-0.4, -0.2) is 28.9 Å². The van der Waals surface area contributed by atoms with Gasteiger partial charge < -0.3 is 4.90 Å². The quantitative estimate of drug-likeness (QED) is 0.757. The average Bonchev–Trinajstić information content (AvgIpc) is 2.28. The number of pyridine rings is 1. The highest BCUT2D eigenvalue weighted by molar-refractivity contribution is 6.32. The summed E-state index contributed by atoms with van der Waals surface area (Å²) in [5.41, 5.74) is 0.358. The first-order chi connectivity index (χ1) is 7.57. The molecule has 1 aromatic rings. The fraction of sp³-hybridized carbons (Fsp3) is 0.364. The Morgan fingerprint density at radius 2 is 2.44 bits per heavy atom. The normalized spacial score (nSPS) is 11.6. The summed E-state index contributed by atoms with van der Waals surface area (Å²) in [6.07, 6.45) is 1.82. The van der Waals surface area contributed by atoms with Gasteiger partial charge in [0.05, 0.1) is 18.1 Å². The van der Waals surface area contributed by atoms with Crippen molar-refractivity contribution < 1.29 is 4.79 Å². The predicted molar refractivity (Wildman–Crippen MR) is 61.0 cm³/mol. The second-order valence-electron chi connectivity index (χ2n) is 3.47. The lowest BCUT2D eigenvalue weighted by Gasteiger charge is -2.23. The molecule has 0 bridgehead atoms. The van der Waals surface area contributed by atoms with E-state index in [1.54, 1.807) is 19.2 Å². The van der Waals surface area contributed by atoms with E-state index in [1.807, 2.05) is 13.0 Å². The number of hydrogen-bond donors (Lipinski definition) is 0. The first-order valence-corrected chi connectivity index (χ1v) is 5.20. The molecule has 1 rings (SSSR count). The molecule has 1 aromatic heterocycles. The SMILES string of the molecule is CC(CC#N)N(C)C(=O)c1cccnc1Cl. The lowest BCUT2D eigenvalue weighted by molar-refractivity contribution is 0.0746. The Kier molecular flexibility index (Phi) is 4.27. The molecule has 0 fully saturated rings. The van der Waals surface area contributed by atoms with E-state index in [-0.39, 0.29) is 17.1 Å². The van der Waals surface area contributed by atoms with Crippen LogP contribution in [0.1, 0.15) is 23.7 Å². The van der Waals surface area contributed by atoms with E-state index in [1.165, 1.54) is 11.1 Å². The second kappa shape index (κ2) is 5.47. The smallest absolute Gasteiger partial charge is 0.256 e. The van der Waals surface area contributed by atoms with Crippen molar-refractivity contribution in [2.45, 2.75) is 19.4 Å². The van der Waals surface area contributed by atoms with Gasteiger partial charge in [0.25, 0.3) is 5.91 Å². The van der Waals surface area contributed by atoms with Crippen LogP contribution in [-0.2, 0) is 0 Å². The summed E-state index contributed by atoms with van der Waals surface area (Å²) in [7, 11) is 1.65. The van der Waals surface area contributed by atoms with E-state index in [4.69, 9.17) is 16.9 Å². The third-order valence-electron chi connectivity index (χ3n) is 2.36. The molecule has 0 aromatic carbocycles. The molecular weight excluding hydrogens is 226 g/mol. The van der Waals surface area contributed by atoms with Crippen molar-refractivity contribution in [3.8, 4) is 6.07 Å². The largest absolute Gasteiger partial charge is 0.338 e. The van der Waals surface area contributed by atoms with Crippen LogP contribution in [0.2, 0.25) is 5.15 Å². The zero-order valence-corrected chi connectivity index (χ0v) is 9.90. The number of rotatable bonds is 3. The number of amides is 1. The Morgan fingerprint density at radius 3 is 3.00 bits per heavy atom. The highest BCUT2D eigenvalue weighted by Gasteiger charge is 2.19. The van der Waals surface area contributed by atoms with Gasteiger partial charge in [-0.05, 0) is 19.1 Å². The molecule has 0 radical (unpaired) electrons. The lowest BCUT2D eigenvalue weighted by Crippen LogP contribution is -2.35. The van der Waals surface area contributed by atoms with Gasteiger partial charge in [0.15, 0.2) is 0 Å². The Bertz CT molecular complexity index is 427. The zero-order chi connectivity index (χ0) is 12.1. The summed E-state index contributed by atoms with van der Waals surface area (Å²) >= 11 is 5.82. The third-order valence-corrected chi connectivity index (χ3v) is 2.66. The number of carbonyl (C=O) groups excluding carboxylic acids is 1. The third kappa shape index (κ3) is 2.71. The van der Waals surface area contributed by atoms with Gasteiger partial charge in [0.2, 0.25) is 0 Å². The summed E-state index contributed by atoms with van der Waals surface area (Å²) in [4.78, 5) is 17.3. The summed E-state index contributed by atoms with van der Waals surface area (Å²) < 4.78 is 0. The van der Waals surface area contributed by atoms with Gasteiger partial charge in [-0.1, -0.05) is 11.6 Å². The minimum atomic E-state index is -0.221. The van der Waals surface area contributed by atoms with E-state index >= 15 is 0 Å². The minimum absolute atomic E-state index is 0.145. The van der Waals surface area contributed by atoms with Crippen LogP contribution in [0.25, 0.3) is 0 Å². The van der Waals surface area contributed by atoms with Crippen LogP contribution in [0.4, 0.5) is 0 Å². The minimum Gasteiger partial charge on any atom is -0.338 e. The van der Waals surface area contributed by atoms with Crippen LogP contribution in [0.3, 0.4) is 0 Å². The fourth-order valence-electron chi connectivity index (χ4n) is 1.20. The van der Waals surface area contributed by atoms with Gasteiger partial charge in [-0.25, -0.2) is 4.98 Å². The molecule has 1 amide bonds. The number of nitrogens with zero attached hydrogens (tertiary/aromatic N) is 3. The van der Waals surface area contributed by atoms with Crippen molar-refractivity contribution in [2.75, 3.05) is 7.05 Å². The molecule has 4 nitrogen and oxygen atoms in total. The maximum absolute atomic E-state index is 12.0. The first kappa shape index (κ1) is 12.5. The van der Waals surface area contributed by atoms with E-state index in [0.717, 1.165) is 0 Å². The van der Waals surface area contributed by atoms with Crippen molar-refractivity contribution >= 4 is 17.5 Å². The molecule has 1 unspecified atom stereocenters. The van der Waals surface area contributed by atoms with Crippen molar-refractivity contribution in [3.05, 3.63) is 29.0 Å². The molecule has 84 valence electrons. The first-order valence-electron chi connectivity index (χ1n) is 4.82. The van der Waals surface area contributed by atoms with Crippen LogP contribution in [0, 0.1) is 11.3 Å². The van der Waals surface area contributed by atoms with E-state index in [2.05, 4.69) is 4.98 Å². The van der Waals surface area contributed by atoms with Crippen LogP contribution in [0.5, 0.6) is 0 Å². The van der Waals surface area contributed by atoms with Crippen LogP contribution in [0.15, 0.2) is 18.3 Å². The molecule has 0 aliphatic carbocycles. The van der Waals surface area contributed by atoms with E-state index in [0.29, 0.717) is 12.0 Å². The Balaban J connectivity index is 2.87. The maximum atomic E-state index is 12.0. The van der Waals surface area contributed by atoms with Crippen molar-refractivity contribution in [1.82, 2.24) is 9.88 Å². The second-order valence-corrected chi connectivity index (χ2v) is 3.83. The Hall–Kier alpha value is -1.60. The van der Waals surface area contributed by atoms with E-state index < -0.39 is 0 Å². The Morgan fingerprint density at radius 1 is 1.75 bits per heavy atom. The molecule has 0 aliphatic heterocycles. The molecule has 1 atom stereocenters. The van der Waals surface area contributed by atoms with Crippen LogP contribution < -0.4 is 0 Å². The molecule has 0 N–H and O–H groups in total. The fourth-order valence-corrected chi connectivity index (χ4v) is 1.40. The standard InChI is InChI=1S/C11H12ClN3O/c1-8(5-6-13)15(2)11(16)9-4-3-7-14-10(9)12/h3-4,7-8H,5H2,1-2H3. The summed E-state index contributed by atoms with van der Waals surface area (Å²) in [6.45, 7) is 1.81. The van der Waals surface area contributed by atoms with Crippen molar-refractivity contribution in [2.24, 2.45) is 0 Å². The number of nitriles is 1. The van der Waals surface area contributed by atoms with Crippen LogP contribution >= 0.6 is 11.6 Å². The number of carbonyl (C=O) groups is 1. The monoisotopic (exact) mass is 237 g/mol. The molecule has 16 heavy (non-hydrogen) atoms. The highest BCUT2D eigenvalue weighted by atomic mass is 35.5. The highest BCUT2D eigenvalue weighted by Crippen LogP contribution is 2.15. The maximum Gasteiger partial charge on any atom is 0.256 e. The van der Waals surface area contributed by atoms with Crippen molar-refractivity contribution in [1.29, 1.82) is 5.26 Å². The number of halogens is 1. The Labute approximate surface area is 99.5 Å². The van der Waals surface area contributed by atoms with Crippen molar-refractivity contribution in [3.63, 3.8) is 0 Å². The van der Waals surface area contributed by atoms with Gasteiger partial charge in [-0.15, -0.1) is 0 Å². The van der Waals surface area contributed by atoms with Gasteiger partial charge in [-0.2, -0.15) is 5.26 Å². The number of hydrogen-bond acceptors (Lipinski definition) is 3. The van der Waals surface area contributed by atoms with Gasteiger partial charge in [0.1, 0.15) is 5.15 Å². The molecule has 5 heteroatoms. The lowest BCUT2D eigenvalue weighted by atomic mass is 10.2. The van der Waals surface area contributed by atoms with Gasteiger partial charge >= 0.3 is 0 Å². The summed E-state index contributed by atoms with van der Waals surface area (Å²) in [6, 6.07) is 5.16. The molecule has 0 spiro atoms. The zero-order valence-electron chi connectivity index (χ0n) is 9.14. The molecule has 0 saturated carbocycles. The summed E-state index contributed by atoms with van der Waals surface area (Å²) in [5.74, 6) is -0.221. The molecule has 0 saturated heterocycles. The van der Waals surface area contributed by atoms with Gasteiger partial charge in [0, 0.05) is 19.3 Å². The molecular formula is C11H12ClN3O.